The third-order valence-electron chi connectivity index (χ3n) is 5.74. The van der Waals surface area contributed by atoms with Crippen molar-refractivity contribution < 1.29 is 41.1 Å². The molecule has 9 N–H and O–H groups in total. The van der Waals surface area contributed by atoms with Crippen LogP contribution in [0.2, 0.25) is 0 Å². The summed E-state index contributed by atoms with van der Waals surface area (Å²) in [4.78, 5) is 48.6. The highest BCUT2D eigenvalue weighted by Gasteiger charge is 2.32. The largest absolute Gasteiger partial charge is 0.416 e. The molecule has 0 spiro atoms. The van der Waals surface area contributed by atoms with Crippen LogP contribution in [0.4, 0.5) is 26.7 Å². The first-order chi connectivity index (χ1) is 18.7. The summed E-state index contributed by atoms with van der Waals surface area (Å²) in [5, 5.41) is 6.99. The number of nitrogens with two attached hydrogens (primary N) is 3. The van der Waals surface area contributed by atoms with E-state index in [2.05, 4.69) is 16.0 Å². The molecule has 0 aliphatic heterocycles. The molecule has 0 saturated heterocycles. The van der Waals surface area contributed by atoms with Crippen LogP contribution in [0.1, 0.15) is 29.5 Å². The maximum Gasteiger partial charge on any atom is 0.416 e. The number of alkyl halides is 3. The van der Waals surface area contributed by atoms with Crippen LogP contribution in [0.15, 0.2) is 42.5 Å². The van der Waals surface area contributed by atoms with E-state index in [-0.39, 0.29) is 36.9 Å². The molecular formula is C25H29F5N6O4. The molecular weight excluding hydrogens is 543 g/mol. The van der Waals surface area contributed by atoms with Gasteiger partial charge in [-0.05, 0) is 42.2 Å². The minimum atomic E-state index is -4.67. The van der Waals surface area contributed by atoms with Gasteiger partial charge < -0.3 is 33.2 Å². The fourth-order valence-corrected chi connectivity index (χ4v) is 3.66. The number of primary amides is 2. The Bertz CT molecular complexity index is 1230. The van der Waals surface area contributed by atoms with Crippen molar-refractivity contribution in [1.82, 2.24) is 16.0 Å². The maximum atomic E-state index is 13.6. The van der Waals surface area contributed by atoms with Crippen LogP contribution in [-0.2, 0) is 33.4 Å². The van der Waals surface area contributed by atoms with E-state index in [0.29, 0.717) is 0 Å². The van der Waals surface area contributed by atoms with E-state index < -0.39 is 71.7 Å². The lowest BCUT2D eigenvalue weighted by atomic mass is 10.0. The molecule has 0 unspecified atom stereocenters. The number of benzene rings is 2. The molecule has 0 saturated carbocycles. The molecule has 2 rings (SSSR count). The zero-order valence-electron chi connectivity index (χ0n) is 21.1. The summed E-state index contributed by atoms with van der Waals surface area (Å²) in [6.07, 6.45) is -5.12. The van der Waals surface area contributed by atoms with E-state index in [1.807, 2.05) is 0 Å². The third kappa shape index (κ3) is 10.1. The second kappa shape index (κ2) is 14.2. The Labute approximate surface area is 225 Å². The van der Waals surface area contributed by atoms with E-state index in [0.717, 1.165) is 30.3 Å². The Morgan fingerprint density at radius 1 is 0.825 bits per heavy atom. The van der Waals surface area contributed by atoms with Crippen molar-refractivity contribution in [2.75, 3.05) is 6.54 Å². The van der Waals surface area contributed by atoms with Crippen molar-refractivity contribution in [3.05, 3.63) is 70.8 Å². The molecule has 40 heavy (non-hydrogen) atoms. The van der Waals surface area contributed by atoms with Crippen LogP contribution in [0.3, 0.4) is 0 Å². The van der Waals surface area contributed by atoms with Gasteiger partial charge in [-0.15, -0.1) is 0 Å². The third-order valence-corrected chi connectivity index (χ3v) is 5.74. The predicted molar refractivity (Wildman–Crippen MR) is 133 cm³/mol. The number of amides is 5. The van der Waals surface area contributed by atoms with E-state index in [1.165, 1.54) is 12.1 Å². The van der Waals surface area contributed by atoms with E-state index in [1.54, 1.807) is 0 Å². The van der Waals surface area contributed by atoms with Crippen LogP contribution in [0.25, 0.3) is 0 Å². The lowest BCUT2D eigenvalue weighted by Crippen LogP contribution is -2.56. The van der Waals surface area contributed by atoms with Crippen molar-refractivity contribution in [3.63, 3.8) is 0 Å². The molecule has 0 heterocycles. The smallest absolute Gasteiger partial charge is 0.368 e. The minimum absolute atomic E-state index is 0.0331. The van der Waals surface area contributed by atoms with Gasteiger partial charge in [0.05, 0.1) is 11.6 Å². The normalized spacial score (nSPS) is 13.6. The number of urea groups is 1. The van der Waals surface area contributed by atoms with Gasteiger partial charge in [-0.25, -0.2) is 13.6 Å². The minimum Gasteiger partial charge on any atom is -0.368 e. The van der Waals surface area contributed by atoms with Gasteiger partial charge in [-0.3, -0.25) is 14.4 Å². The highest BCUT2D eigenvalue weighted by atomic mass is 19.4. The molecule has 10 nitrogen and oxygen atoms in total. The first kappa shape index (κ1) is 31.9. The quantitative estimate of drug-likeness (QED) is 0.154. The van der Waals surface area contributed by atoms with E-state index in [4.69, 9.17) is 17.2 Å². The fourth-order valence-electron chi connectivity index (χ4n) is 3.66. The van der Waals surface area contributed by atoms with Crippen LogP contribution in [0, 0.1) is 11.6 Å². The highest BCUT2D eigenvalue weighted by molar-refractivity contribution is 5.93. The Kier molecular flexibility index (Phi) is 11.3. The Morgan fingerprint density at radius 2 is 1.45 bits per heavy atom. The monoisotopic (exact) mass is 572 g/mol. The van der Waals surface area contributed by atoms with Crippen molar-refractivity contribution in [1.29, 1.82) is 0 Å². The summed E-state index contributed by atoms with van der Waals surface area (Å²) >= 11 is 0. The second-order valence-corrected chi connectivity index (χ2v) is 8.92. The average Bonchev–Trinajstić information content (AvgIpc) is 2.87. The molecule has 2 aromatic carbocycles. The molecule has 218 valence electrons. The highest BCUT2D eigenvalue weighted by Crippen LogP contribution is 2.29. The number of halogens is 5. The van der Waals surface area contributed by atoms with Gasteiger partial charge in [0.15, 0.2) is 11.6 Å². The Balaban J connectivity index is 2.23. The van der Waals surface area contributed by atoms with Crippen molar-refractivity contribution in [2.24, 2.45) is 17.2 Å². The van der Waals surface area contributed by atoms with Crippen molar-refractivity contribution in [3.8, 4) is 0 Å². The Hall–Kier alpha value is -4.27. The summed E-state index contributed by atoms with van der Waals surface area (Å²) < 4.78 is 66.5. The van der Waals surface area contributed by atoms with Crippen LogP contribution in [0.5, 0.6) is 0 Å². The fraction of sp³-hybridized carbons (Fsp3) is 0.360. The number of carbonyl (C=O) groups is 4. The van der Waals surface area contributed by atoms with Gasteiger partial charge in [0.25, 0.3) is 0 Å². The molecule has 0 fully saturated rings. The molecule has 0 aliphatic rings. The molecule has 0 aromatic heterocycles. The van der Waals surface area contributed by atoms with Gasteiger partial charge >= 0.3 is 12.2 Å². The van der Waals surface area contributed by atoms with Gasteiger partial charge in [-0.2, -0.15) is 13.2 Å². The Morgan fingerprint density at radius 3 is 2.05 bits per heavy atom. The zero-order valence-corrected chi connectivity index (χ0v) is 21.1. The van der Waals surface area contributed by atoms with Gasteiger partial charge in [-0.1, -0.05) is 24.3 Å². The standard InChI is InChI=1S/C25H29F5N6O4/c26-16-7-6-14(10-17(16)27)11-19(21(32)37)35-23(39)20(12-13-3-1-4-15(9-13)25(28,29)30)36-22(38)18(31)5-2-8-34-24(33)40/h1,3-4,6-7,9-10,18-20H,2,5,8,11-12,31H2,(H2,32,37)(H,35,39)(H,36,38)(H3,33,34,40)/t18-,19-,20-/m0/s1. The molecule has 5 amide bonds. The van der Waals surface area contributed by atoms with E-state index >= 15 is 0 Å². The molecule has 2 aromatic rings. The first-order valence-corrected chi connectivity index (χ1v) is 12.0. The summed E-state index contributed by atoms with van der Waals surface area (Å²) in [7, 11) is 0. The molecule has 3 atom stereocenters. The molecule has 15 heteroatoms. The SMILES string of the molecule is NC(=O)NCCC[C@H](N)C(=O)N[C@@H](Cc1cccc(C(F)(F)F)c1)C(=O)N[C@@H](Cc1ccc(F)c(F)c1)C(N)=O. The second-order valence-electron chi connectivity index (χ2n) is 8.92. The number of hydrogen-bond acceptors (Lipinski definition) is 5. The number of nitrogens with one attached hydrogen (secondary N) is 3. The van der Waals surface area contributed by atoms with Crippen LogP contribution < -0.4 is 33.2 Å². The van der Waals surface area contributed by atoms with Crippen molar-refractivity contribution >= 4 is 23.8 Å². The predicted octanol–water partition coefficient (Wildman–Crippen LogP) is 1.000. The van der Waals surface area contributed by atoms with Gasteiger partial charge in [0.1, 0.15) is 12.1 Å². The molecule has 0 radical (unpaired) electrons. The van der Waals surface area contributed by atoms with E-state index in [9.17, 15) is 41.1 Å². The summed E-state index contributed by atoms with van der Waals surface area (Å²) in [6.45, 7) is 0.120. The summed E-state index contributed by atoms with van der Waals surface area (Å²) in [5.41, 5.74) is 15.4. The topological polar surface area (TPSA) is 182 Å². The van der Waals surface area contributed by atoms with Crippen molar-refractivity contribution in [2.45, 2.75) is 50.0 Å². The first-order valence-electron chi connectivity index (χ1n) is 12.0. The number of hydrogen-bond donors (Lipinski definition) is 6. The van der Waals surface area contributed by atoms with Gasteiger partial charge in [0, 0.05) is 19.4 Å². The average molecular weight is 573 g/mol. The van der Waals surface area contributed by atoms with Crippen LogP contribution in [-0.4, -0.2) is 48.4 Å². The lowest BCUT2D eigenvalue weighted by molar-refractivity contribution is -0.137. The lowest BCUT2D eigenvalue weighted by Gasteiger charge is -2.24. The van der Waals surface area contributed by atoms with Gasteiger partial charge in [0.2, 0.25) is 17.7 Å². The number of carbonyl (C=O) groups excluding carboxylic acids is 4. The summed E-state index contributed by atoms with van der Waals surface area (Å²) in [6, 6.07) is 1.99. The zero-order chi connectivity index (χ0) is 30.0. The number of rotatable bonds is 13. The summed E-state index contributed by atoms with van der Waals surface area (Å²) in [5.74, 6) is -5.18. The molecule has 0 aliphatic carbocycles. The molecule has 0 bridgehead atoms. The van der Waals surface area contributed by atoms with Crippen LogP contribution >= 0.6 is 0 Å². The maximum absolute atomic E-state index is 13.6.